The summed E-state index contributed by atoms with van der Waals surface area (Å²) in [6.45, 7) is 8.69. The number of amides is 2. The van der Waals surface area contributed by atoms with Gasteiger partial charge in [0.25, 0.3) is 0 Å². The average Bonchev–Trinajstić information content (AvgIpc) is 4.00. The Morgan fingerprint density at radius 1 is 0.897 bits per heavy atom. The minimum Gasteiger partial charge on any atom is -0.496 e. The highest BCUT2D eigenvalue weighted by molar-refractivity contribution is 5.95. The van der Waals surface area contributed by atoms with E-state index in [1.807, 2.05) is 73.5 Å². The van der Waals surface area contributed by atoms with Crippen LogP contribution in [0.25, 0.3) is 10.9 Å². The zero-order valence-electron chi connectivity index (χ0n) is 40.1. The molecule has 5 aliphatic heterocycles. The van der Waals surface area contributed by atoms with Crippen LogP contribution in [0.2, 0.25) is 0 Å². The number of para-hydroxylation sites is 2. The third-order valence-electron chi connectivity index (χ3n) is 17.0. The number of nitrogens with zero attached hydrogens (tertiary/aromatic N) is 3. The van der Waals surface area contributed by atoms with Gasteiger partial charge in [0.2, 0.25) is 5.60 Å². The number of fused-ring (bicyclic) bond motifs is 6. The standard InChI is InChI=1S/C53H64N6O9/c1-8-49(56-48(63)54-34-16-11-10-12-17-34)28-33-29-52(46(61)66-6,42-36(20-24-58(30-33)31-49)35-18-13-14-19-39(35)55-42)38-26-37-40(27-41(38)65-5)57(4)44-51(37)22-25-59-23-15-21-50(9-2,43(51)59)45(68-32(3)60)53(44,64)47(62)67-7/h10-19,21,26-27,33,43-45,55,64H,8-9,20,22-25,28-31H2,1-7H3,(H2,54,56,63)/t33-,43-,44+,45+,49-,50+,51+,52-,53-/m0/s1. The molecule has 15 heteroatoms. The molecule has 2 amide bonds. The van der Waals surface area contributed by atoms with Crippen LogP contribution in [0.3, 0.4) is 0 Å². The number of H-pyrrole nitrogens is 1. The fourth-order valence-electron chi connectivity index (χ4n) is 14.6. The molecule has 10 atom stereocenters. The number of hydrogen-bond donors (Lipinski definition) is 4. The van der Waals surface area contributed by atoms with Crippen molar-refractivity contribution in [1.29, 1.82) is 0 Å². The number of benzene rings is 3. The summed E-state index contributed by atoms with van der Waals surface area (Å²) in [6, 6.07) is 20.0. The van der Waals surface area contributed by atoms with Gasteiger partial charge in [0.15, 0.2) is 6.10 Å². The van der Waals surface area contributed by atoms with Gasteiger partial charge in [-0.15, -0.1) is 0 Å². The number of aromatic amines is 1. The molecule has 1 saturated carbocycles. The molecule has 1 spiro atoms. The topological polar surface area (TPSA) is 175 Å². The van der Waals surface area contributed by atoms with Gasteiger partial charge in [-0.2, -0.15) is 0 Å². The van der Waals surface area contributed by atoms with E-state index in [2.05, 4.69) is 56.6 Å². The maximum absolute atomic E-state index is 15.7. The molecule has 3 aromatic carbocycles. The Kier molecular flexibility index (Phi) is 11.2. The molecule has 4 N–H and O–H groups in total. The number of likely N-dealkylation sites (N-methyl/N-ethyl adjacent to an activating group) is 1. The Morgan fingerprint density at radius 3 is 2.35 bits per heavy atom. The molecule has 1 aromatic heterocycles. The largest absolute Gasteiger partial charge is 0.496 e. The van der Waals surface area contributed by atoms with E-state index < -0.39 is 57.4 Å². The summed E-state index contributed by atoms with van der Waals surface area (Å²) in [5.41, 5.74) is -0.892. The first-order chi connectivity index (χ1) is 32.7. The molecule has 0 radical (unpaired) electrons. The van der Waals surface area contributed by atoms with E-state index in [4.69, 9.17) is 18.9 Å². The Labute approximate surface area is 397 Å². The highest BCUT2D eigenvalue weighted by Gasteiger charge is 2.80. The number of carbonyl (C=O) groups is 4. The van der Waals surface area contributed by atoms with Gasteiger partial charge < -0.3 is 49.5 Å². The number of aliphatic hydroxyl groups is 1. The van der Waals surface area contributed by atoms with Gasteiger partial charge in [0.1, 0.15) is 11.2 Å². The first-order valence-electron chi connectivity index (χ1n) is 24.1. The number of anilines is 2. The van der Waals surface area contributed by atoms with Crippen LogP contribution in [0.5, 0.6) is 5.75 Å². The Hall–Kier alpha value is -5.90. The zero-order valence-corrected chi connectivity index (χ0v) is 40.1. The van der Waals surface area contributed by atoms with Gasteiger partial charge in [0, 0.05) is 96.6 Å². The lowest BCUT2D eigenvalue weighted by Crippen LogP contribution is -2.81. The molecule has 1 aliphatic carbocycles. The quantitative estimate of drug-likeness (QED) is 0.0902. The molecule has 6 aliphatic rings. The van der Waals surface area contributed by atoms with Gasteiger partial charge in [-0.05, 0) is 86.4 Å². The molecule has 68 heavy (non-hydrogen) atoms. The number of ether oxygens (including phenoxy) is 4. The number of rotatable bonds is 9. The Morgan fingerprint density at radius 2 is 1.65 bits per heavy atom. The summed E-state index contributed by atoms with van der Waals surface area (Å²) in [4.78, 5) is 67.8. The summed E-state index contributed by atoms with van der Waals surface area (Å²) in [5, 5.41) is 20.9. The van der Waals surface area contributed by atoms with Crippen molar-refractivity contribution in [3.05, 3.63) is 101 Å². The molecule has 3 fully saturated rings. The van der Waals surface area contributed by atoms with Crippen LogP contribution < -0.4 is 20.3 Å². The van der Waals surface area contributed by atoms with E-state index in [1.54, 1.807) is 7.11 Å². The maximum atomic E-state index is 15.7. The molecular formula is C53H64N6O9. The number of piperidine rings is 1. The van der Waals surface area contributed by atoms with Crippen LogP contribution in [-0.2, 0) is 45.8 Å². The molecular weight excluding hydrogens is 865 g/mol. The van der Waals surface area contributed by atoms with Crippen LogP contribution in [0.15, 0.2) is 78.9 Å². The van der Waals surface area contributed by atoms with Crippen molar-refractivity contribution in [2.24, 2.45) is 11.3 Å². The molecule has 4 aromatic rings. The second-order valence-electron chi connectivity index (χ2n) is 20.2. The van der Waals surface area contributed by atoms with Gasteiger partial charge in [-0.1, -0.05) is 62.4 Å². The predicted molar refractivity (Wildman–Crippen MR) is 257 cm³/mol. The van der Waals surface area contributed by atoms with E-state index in [0.717, 1.165) is 33.4 Å². The van der Waals surface area contributed by atoms with Crippen molar-refractivity contribution in [2.75, 3.05) is 71.3 Å². The number of methoxy groups -OCH3 is 3. The third kappa shape index (κ3) is 6.40. The number of aromatic nitrogens is 1. The normalized spacial score (nSPS) is 33.4. The van der Waals surface area contributed by atoms with Crippen molar-refractivity contribution < 1.29 is 43.2 Å². The number of esters is 3. The maximum Gasteiger partial charge on any atom is 0.344 e. The molecule has 6 heterocycles. The first-order valence-corrected chi connectivity index (χ1v) is 24.1. The molecule has 1 unspecified atom stereocenters. The summed E-state index contributed by atoms with van der Waals surface area (Å²) in [7, 11) is 6.16. The van der Waals surface area contributed by atoms with E-state index in [0.29, 0.717) is 88.2 Å². The Balaban J connectivity index is 1.20. The summed E-state index contributed by atoms with van der Waals surface area (Å²) in [5.74, 6) is -1.65. The van der Waals surface area contributed by atoms with Crippen LogP contribution >= 0.6 is 0 Å². The monoisotopic (exact) mass is 928 g/mol. The molecule has 2 saturated heterocycles. The van der Waals surface area contributed by atoms with Crippen LogP contribution in [0.4, 0.5) is 16.2 Å². The van der Waals surface area contributed by atoms with Crippen LogP contribution in [0.1, 0.15) is 75.3 Å². The summed E-state index contributed by atoms with van der Waals surface area (Å²) in [6.07, 6.45) is 5.97. The van der Waals surface area contributed by atoms with Crippen molar-refractivity contribution in [3.63, 3.8) is 0 Å². The molecule has 360 valence electrons. The van der Waals surface area contributed by atoms with E-state index >= 15 is 4.79 Å². The first kappa shape index (κ1) is 45.9. The average molecular weight is 929 g/mol. The third-order valence-corrected chi connectivity index (χ3v) is 17.0. The van der Waals surface area contributed by atoms with Gasteiger partial charge in [-0.25, -0.2) is 9.59 Å². The van der Waals surface area contributed by atoms with E-state index in [-0.39, 0.29) is 18.0 Å². The van der Waals surface area contributed by atoms with Crippen molar-refractivity contribution >= 4 is 46.2 Å². The lowest BCUT2D eigenvalue weighted by Gasteiger charge is -2.63. The van der Waals surface area contributed by atoms with Gasteiger partial charge >= 0.3 is 23.9 Å². The van der Waals surface area contributed by atoms with Gasteiger partial charge in [-0.3, -0.25) is 14.5 Å². The number of urea groups is 1. The second-order valence-corrected chi connectivity index (χ2v) is 20.2. The smallest absolute Gasteiger partial charge is 0.344 e. The fraction of sp³-hybridized carbons (Fsp3) is 0.509. The van der Waals surface area contributed by atoms with Crippen LogP contribution in [0, 0.1) is 11.3 Å². The van der Waals surface area contributed by atoms with E-state index in [9.17, 15) is 19.5 Å². The fourth-order valence-corrected chi connectivity index (χ4v) is 14.6. The molecule has 15 nitrogen and oxygen atoms in total. The lowest BCUT2D eigenvalue weighted by atomic mass is 9.47. The number of hydrogen-bond acceptors (Lipinski definition) is 12. The van der Waals surface area contributed by atoms with Crippen molar-refractivity contribution in [1.82, 2.24) is 20.1 Å². The minimum atomic E-state index is -2.33. The number of nitrogens with one attached hydrogen (secondary N) is 3. The summed E-state index contributed by atoms with van der Waals surface area (Å²) < 4.78 is 24.2. The second kappa shape index (κ2) is 16.7. The highest BCUT2D eigenvalue weighted by Crippen LogP contribution is 2.68. The highest BCUT2D eigenvalue weighted by atomic mass is 16.6. The summed E-state index contributed by atoms with van der Waals surface area (Å²) >= 11 is 0. The van der Waals surface area contributed by atoms with Gasteiger partial charge in [0.05, 0.1) is 32.9 Å². The Bertz CT molecular complexity index is 2710. The SMILES string of the molecule is CC[C@]1(NC(=O)Nc2ccccc2)C[C@@H]2CN(CCc3c([nH]c4ccccc34)[C@@](C(=O)OC)(c3cc4c(cc3OC)N(C)[C@H]3[C@@](O)(C(=O)OC)[C@H](OC(C)=O)[C@]5(CC)C=CCN6CC[C@]43[C@@H]65)C2)C1. The molecule has 10 rings (SSSR count). The van der Waals surface area contributed by atoms with Crippen LogP contribution in [-0.4, -0.2) is 134 Å². The minimum absolute atomic E-state index is 0.134. The lowest BCUT2D eigenvalue weighted by molar-refractivity contribution is -0.228. The predicted octanol–water partition coefficient (Wildman–Crippen LogP) is 5.82. The van der Waals surface area contributed by atoms with Crippen molar-refractivity contribution in [2.45, 2.75) is 99.5 Å². The van der Waals surface area contributed by atoms with E-state index in [1.165, 1.54) is 21.1 Å². The van der Waals surface area contributed by atoms with Crippen molar-refractivity contribution in [3.8, 4) is 5.75 Å². The number of carbonyl (C=O) groups excluding carboxylic acids is 4. The zero-order chi connectivity index (χ0) is 48.0. The molecule has 2 bridgehead atoms.